The lowest BCUT2D eigenvalue weighted by Gasteiger charge is -2.18. The smallest absolute Gasteiger partial charge is 0.269 e. The normalized spacial score (nSPS) is 19.6. The molecule has 94 valence electrons. The summed E-state index contributed by atoms with van der Waals surface area (Å²) < 4.78 is 0. The zero-order valence-electron chi connectivity index (χ0n) is 10.1. The van der Waals surface area contributed by atoms with Crippen LogP contribution in [0.1, 0.15) is 18.4 Å². The van der Waals surface area contributed by atoms with Crippen LogP contribution >= 0.6 is 0 Å². The van der Waals surface area contributed by atoms with Crippen LogP contribution in [-0.4, -0.2) is 29.0 Å². The number of likely N-dealkylation sites (tertiary alicyclic amines) is 1. The predicted octanol–water partition coefficient (Wildman–Crippen LogP) is 2.13. The lowest BCUT2D eigenvalue weighted by Crippen LogP contribution is -2.30. The van der Waals surface area contributed by atoms with Gasteiger partial charge in [0.05, 0.1) is 17.0 Å². The van der Waals surface area contributed by atoms with E-state index in [1.807, 2.05) is 0 Å². The molecule has 0 aromatic heterocycles. The fraction of sp³-hybridized carbons (Fsp3) is 0.462. The first kappa shape index (κ1) is 12.5. The molecule has 1 atom stereocenters. The van der Waals surface area contributed by atoms with Crippen molar-refractivity contribution in [2.24, 2.45) is 0 Å². The number of nitrogens with zero attached hydrogens (tertiary/aromatic N) is 3. The molecule has 5 heteroatoms. The number of nitro benzene ring substituents is 1. The van der Waals surface area contributed by atoms with E-state index in [4.69, 9.17) is 5.26 Å². The summed E-state index contributed by atoms with van der Waals surface area (Å²) in [4.78, 5) is 12.3. The molecule has 1 aromatic rings. The van der Waals surface area contributed by atoms with E-state index in [0.717, 1.165) is 37.9 Å². The van der Waals surface area contributed by atoms with Crippen LogP contribution < -0.4 is 0 Å². The van der Waals surface area contributed by atoms with Gasteiger partial charge in [0.1, 0.15) is 0 Å². The molecule has 0 radical (unpaired) electrons. The molecule has 18 heavy (non-hydrogen) atoms. The molecule has 0 bridgehead atoms. The maximum atomic E-state index is 10.5. The van der Waals surface area contributed by atoms with Gasteiger partial charge in [-0.25, -0.2) is 0 Å². The van der Waals surface area contributed by atoms with Gasteiger partial charge in [-0.15, -0.1) is 0 Å². The summed E-state index contributed by atoms with van der Waals surface area (Å²) in [5, 5.41) is 19.5. The quantitative estimate of drug-likeness (QED) is 0.601. The van der Waals surface area contributed by atoms with E-state index in [9.17, 15) is 10.1 Å². The van der Waals surface area contributed by atoms with Crippen molar-refractivity contribution < 1.29 is 4.92 Å². The Kier molecular flexibility index (Phi) is 3.90. The first-order valence-corrected chi connectivity index (χ1v) is 6.07. The van der Waals surface area contributed by atoms with Gasteiger partial charge in [-0.05, 0) is 31.4 Å². The summed E-state index contributed by atoms with van der Waals surface area (Å²) in [5.41, 5.74) is 1.19. The van der Waals surface area contributed by atoms with E-state index >= 15 is 0 Å². The van der Waals surface area contributed by atoms with Crippen LogP contribution in [0.25, 0.3) is 0 Å². The van der Waals surface area contributed by atoms with Gasteiger partial charge in [0.2, 0.25) is 0 Å². The number of nitro groups is 1. The number of rotatable bonds is 4. The van der Waals surface area contributed by atoms with Crippen molar-refractivity contribution in [3.05, 3.63) is 39.9 Å². The van der Waals surface area contributed by atoms with Crippen molar-refractivity contribution in [2.75, 3.05) is 13.1 Å². The second kappa shape index (κ2) is 5.61. The Labute approximate surface area is 106 Å². The van der Waals surface area contributed by atoms with Gasteiger partial charge in [0, 0.05) is 18.7 Å². The molecule has 1 aliphatic heterocycles. The summed E-state index contributed by atoms with van der Waals surface area (Å²) in [7, 11) is 0. The third-order valence-electron chi connectivity index (χ3n) is 3.35. The Morgan fingerprint density at radius 3 is 2.78 bits per heavy atom. The van der Waals surface area contributed by atoms with Crippen LogP contribution in [0.15, 0.2) is 24.3 Å². The molecule has 0 amide bonds. The average Bonchev–Trinajstić information content (AvgIpc) is 2.84. The van der Waals surface area contributed by atoms with Crippen LogP contribution in [-0.2, 0) is 6.42 Å². The SMILES string of the molecule is N#CC1CCCN1CCc1ccc([N+](=O)[O-])cc1. The highest BCUT2D eigenvalue weighted by Gasteiger charge is 2.23. The summed E-state index contributed by atoms with van der Waals surface area (Å²) in [6.45, 7) is 1.82. The van der Waals surface area contributed by atoms with Crippen molar-refractivity contribution in [3.8, 4) is 6.07 Å². The monoisotopic (exact) mass is 245 g/mol. The van der Waals surface area contributed by atoms with Gasteiger partial charge in [-0.3, -0.25) is 15.0 Å². The van der Waals surface area contributed by atoms with E-state index in [0.29, 0.717) is 0 Å². The highest BCUT2D eigenvalue weighted by molar-refractivity contribution is 5.32. The summed E-state index contributed by atoms with van der Waals surface area (Å²) in [6.07, 6.45) is 2.87. The van der Waals surface area contributed by atoms with Crippen molar-refractivity contribution in [3.63, 3.8) is 0 Å². The number of nitriles is 1. The topological polar surface area (TPSA) is 70.2 Å². The maximum Gasteiger partial charge on any atom is 0.269 e. The number of hydrogen-bond donors (Lipinski definition) is 0. The number of non-ortho nitro benzene ring substituents is 1. The zero-order chi connectivity index (χ0) is 13.0. The third kappa shape index (κ3) is 2.84. The zero-order valence-corrected chi connectivity index (χ0v) is 10.1. The van der Waals surface area contributed by atoms with Gasteiger partial charge >= 0.3 is 0 Å². The largest absolute Gasteiger partial charge is 0.288 e. The standard InChI is InChI=1S/C13H15N3O2/c14-10-13-2-1-8-15(13)9-7-11-3-5-12(6-4-11)16(17)18/h3-6,13H,1-2,7-9H2. The van der Waals surface area contributed by atoms with E-state index < -0.39 is 4.92 Å². The molecule has 1 saturated heterocycles. The Morgan fingerprint density at radius 1 is 1.44 bits per heavy atom. The van der Waals surface area contributed by atoms with Crippen molar-refractivity contribution in [1.29, 1.82) is 5.26 Å². The van der Waals surface area contributed by atoms with Crippen LogP contribution in [0.3, 0.4) is 0 Å². The summed E-state index contributed by atoms with van der Waals surface area (Å²) in [5.74, 6) is 0. The Balaban J connectivity index is 1.90. The van der Waals surface area contributed by atoms with Crippen LogP contribution in [0.5, 0.6) is 0 Å². The lowest BCUT2D eigenvalue weighted by atomic mass is 10.1. The van der Waals surface area contributed by atoms with Crippen LogP contribution in [0, 0.1) is 21.4 Å². The minimum atomic E-state index is -0.393. The molecule has 1 aliphatic rings. The first-order chi connectivity index (χ1) is 8.70. The van der Waals surface area contributed by atoms with Gasteiger partial charge in [-0.2, -0.15) is 5.26 Å². The molecule has 1 fully saturated rings. The molecule has 1 unspecified atom stereocenters. The average molecular weight is 245 g/mol. The summed E-state index contributed by atoms with van der Waals surface area (Å²) in [6, 6.07) is 8.99. The lowest BCUT2D eigenvalue weighted by molar-refractivity contribution is -0.384. The molecular weight excluding hydrogens is 230 g/mol. The van der Waals surface area contributed by atoms with E-state index in [2.05, 4.69) is 11.0 Å². The van der Waals surface area contributed by atoms with Gasteiger partial charge in [0.15, 0.2) is 0 Å². The first-order valence-electron chi connectivity index (χ1n) is 6.07. The van der Waals surface area contributed by atoms with Crippen molar-refractivity contribution in [2.45, 2.75) is 25.3 Å². The Bertz CT molecular complexity index is 464. The molecule has 0 aliphatic carbocycles. The minimum absolute atomic E-state index is 0.0445. The van der Waals surface area contributed by atoms with E-state index in [1.165, 1.54) is 12.1 Å². The molecule has 0 N–H and O–H groups in total. The Morgan fingerprint density at radius 2 is 2.17 bits per heavy atom. The van der Waals surface area contributed by atoms with Gasteiger partial charge < -0.3 is 0 Å². The highest BCUT2D eigenvalue weighted by Crippen LogP contribution is 2.18. The maximum absolute atomic E-state index is 10.5. The third-order valence-corrected chi connectivity index (χ3v) is 3.35. The molecule has 0 saturated carbocycles. The predicted molar refractivity (Wildman–Crippen MR) is 67.0 cm³/mol. The van der Waals surface area contributed by atoms with Crippen LogP contribution in [0.2, 0.25) is 0 Å². The van der Waals surface area contributed by atoms with Gasteiger partial charge in [-0.1, -0.05) is 12.1 Å². The molecule has 1 heterocycles. The second-order valence-electron chi connectivity index (χ2n) is 4.50. The second-order valence-corrected chi connectivity index (χ2v) is 4.50. The number of hydrogen-bond acceptors (Lipinski definition) is 4. The molecule has 5 nitrogen and oxygen atoms in total. The van der Waals surface area contributed by atoms with E-state index in [-0.39, 0.29) is 11.7 Å². The highest BCUT2D eigenvalue weighted by atomic mass is 16.6. The van der Waals surface area contributed by atoms with Crippen LogP contribution in [0.4, 0.5) is 5.69 Å². The fourth-order valence-electron chi connectivity index (χ4n) is 2.30. The fourth-order valence-corrected chi connectivity index (χ4v) is 2.30. The van der Waals surface area contributed by atoms with Crippen molar-refractivity contribution >= 4 is 5.69 Å². The summed E-state index contributed by atoms with van der Waals surface area (Å²) >= 11 is 0. The van der Waals surface area contributed by atoms with Crippen molar-refractivity contribution in [1.82, 2.24) is 4.90 Å². The molecule has 0 spiro atoms. The molecule has 2 rings (SSSR count). The van der Waals surface area contributed by atoms with E-state index in [1.54, 1.807) is 12.1 Å². The minimum Gasteiger partial charge on any atom is -0.288 e. The molecular formula is C13H15N3O2. The van der Waals surface area contributed by atoms with Gasteiger partial charge in [0.25, 0.3) is 5.69 Å². The molecule has 1 aromatic carbocycles. The number of benzene rings is 1. The Hall–Kier alpha value is -1.93.